The monoisotopic (exact) mass is 284 g/mol. The summed E-state index contributed by atoms with van der Waals surface area (Å²) in [6.45, 7) is 2.48. The van der Waals surface area contributed by atoms with Crippen LogP contribution in [0.4, 0.5) is 0 Å². The first-order chi connectivity index (χ1) is 7.15. The summed E-state index contributed by atoms with van der Waals surface area (Å²) in [4.78, 5) is 15.0. The zero-order valence-electron chi connectivity index (χ0n) is 8.08. The molecular formula is C10H9BrN2OS. The summed E-state index contributed by atoms with van der Waals surface area (Å²) >= 11 is 8.50. The minimum Gasteiger partial charge on any atom is -0.331 e. The Morgan fingerprint density at radius 3 is 2.93 bits per heavy atom. The zero-order chi connectivity index (χ0) is 11.0. The molecule has 3 nitrogen and oxygen atoms in total. The summed E-state index contributed by atoms with van der Waals surface area (Å²) in [5.74, 6) is 0. The molecule has 1 aromatic heterocycles. The quantitative estimate of drug-likeness (QED) is 0.818. The number of H-pyrrole nitrogens is 1. The van der Waals surface area contributed by atoms with Crippen LogP contribution in [-0.2, 0) is 6.54 Å². The normalized spacial score (nSPS) is 10.8. The van der Waals surface area contributed by atoms with E-state index in [9.17, 15) is 4.79 Å². The van der Waals surface area contributed by atoms with Gasteiger partial charge in [0.05, 0.1) is 10.9 Å². The average Bonchev–Trinajstić information content (AvgIpc) is 2.20. The SMILES string of the molecule is CCn1c(=S)[nH]c2c(Br)cccc2c1=O. The first-order valence-electron chi connectivity index (χ1n) is 4.56. The van der Waals surface area contributed by atoms with Gasteiger partial charge in [-0.1, -0.05) is 6.07 Å². The Hall–Kier alpha value is -0.940. The lowest BCUT2D eigenvalue weighted by Gasteiger charge is -2.05. The van der Waals surface area contributed by atoms with Crippen LogP contribution in [0.3, 0.4) is 0 Å². The molecule has 1 heterocycles. The molecule has 0 atom stereocenters. The molecule has 2 rings (SSSR count). The van der Waals surface area contributed by atoms with Crippen molar-refractivity contribution in [3.05, 3.63) is 37.8 Å². The van der Waals surface area contributed by atoms with Crippen LogP contribution in [-0.4, -0.2) is 9.55 Å². The Morgan fingerprint density at radius 1 is 1.53 bits per heavy atom. The van der Waals surface area contributed by atoms with E-state index in [0.29, 0.717) is 16.7 Å². The summed E-state index contributed by atoms with van der Waals surface area (Å²) in [5, 5.41) is 0.653. The first kappa shape index (κ1) is 10.6. The van der Waals surface area contributed by atoms with Crippen molar-refractivity contribution in [3.63, 3.8) is 0 Å². The number of hydrogen-bond acceptors (Lipinski definition) is 2. The maximum atomic E-state index is 12.0. The molecule has 1 N–H and O–H groups in total. The van der Waals surface area contributed by atoms with Crippen molar-refractivity contribution in [2.75, 3.05) is 0 Å². The number of hydrogen-bond donors (Lipinski definition) is 1. The lowest BCUT2D eigenvalue weighted by atomic mass is 10.2. The van der Waals surface area contributed by atoms with E-state index < -0.39 is 0 Å². The van der Waals surface area contributed by atoms with Crippen molar-refractivity contribution < 1.29 is 0 Å². The Bertz CT molecular complexity index is 629. The van der Waals surface area contributed by atoms with Crippen LogP contribution in [0.2, 0.25) is 0 Å². The Balaban J connectivity index is 3.05. The smallest absolute Gasteiger partial charge is 0.262 e. The zero-order valence-corrected chi connectivity index (χ0v) is 10.5. The van der Waals surface area contributed by atoms with Crippen LogP contribution >= 0.6 is 28.1 Å². The predicted molar refractivity (Wildman–Crippen MR) is 66.8 cm³/mol. The van der Waals surface area contributed by atoms with Gasteiger partial charge in [-0.15, -0.1) is 0 Å². The van der Waals surface area contributed by atoms with Crippen LogP contribution in [0.25, 0.3) is 10.9 Å². The van der Waals surface area contributed by atoms with Gasteiger partial charge in [-0.2, -0.15) is 0 Å². The molecule has 78 valence electrons. The maximum Gasteiger partial charge on any atom is 0.262 e. The van der Waals surface area contributed by atoms with E-state index in [1.807, 2.05) is 19.1 Å². The average molecular weight is 285 g/mol. The third kappa shape index (κ3) is 1.66. The number of rotatable bonds is 1. The summed E-state index contributed by atoms with van der Waals surface area (Å²) in [6, 6.07) is 5.51. The van der Waals surface area contributed by atoms with E-state index in [4.69, 9.17) is 12.2 Å². The van der Waals surface area contributed by atoms with E-state index in [0.717, 1.165) is 9.99 Å². The number of nitrogens with one attached hydrogen (secondary N) is 1. The van der Waals surface area contributed by atoms with Gasteiger partial charge in [-0.3, -0.25) is 9.36 Å². The highest BCUT2D eigenvalue weighted by Crippen LogP contribution is 2.18. The summed E-state index contributed by atoms with van der Waals surface area (Å²) in [6.07, 6.45) is 0. The molecule has 0 spiro atoms. The second-order valence-electron chi connectivity index (χ2n) is 3.14. The standard InChI is InChI=1S/C10H9BrN2OS/c1-2-13-9(14)6-4-3-5-7(11)8(6)12-10(13)15/h3-5H,2H2,1H3,(H,12,15). The van der Waals surface area contributed by atoms with Crippen molar-refractivity contribution in [3.8, 4) is 0 Å². The van der Waals surface area contributed by atoms with Gasteiger partial charge in [0.1, 0.15) is 0 Å². The summed E-state index contributed by atoms with van der Waals surface area (Å²) < 4.78 is 2.86. The molecule has 1 aromatic carbocycles. The highest BCUT2D eigenvalue weighted by atomic mass is 79.9. The molecule has 15 heavy (non-hydrogen) atoms. The lowest BCUT2D eigenvalue weighted by Crippen LogP contribution is -2.21. The van der Waals surface area contributed by atoms with E-state index in [1.54, 1.807) is 10.6 Å². The second kappa shape index (κ2) is 3.90. The van der Waals surface area contributed by atoms with Crippen LogP contribution in [0, 0.1) is 4.77 Å². The fourth-order valence-electron chi connectivity index (χ4n) is 1.53. The largest absolute Gasteiger partial charge is 0.331 e. The highest BCUT2D eigenvalue weighted by Gasteiger charge is 2.05. The van der Waals surface area contributed by atoms with Crippen LogP contribution in [0.15, 0.2) is 27.5 Å². The molecule has 0 aliphatic heterocycles. The van der Waals surface area contributed by atoms with E-state index in [2.05, 4.69) is 20.9 Å². The van der Waals surface area contributed by atoms with Gasteiger partial charge in [0.2, 0.25) is 0 Å². The number of para-hydroxylation sites is 1. The van der Waals surface area contributed by atoms with Crippen molar-refractivity contribution >= 4 is 39.1 Å². The second-order valence-corrected chi connectivity index (χ2v) is 4.38. The van der Waals surface area contributed by atoms with E-state index in [1.165, 1.54) is 0 Å². The topological polar surface area (TPSA) is 37.8 Å². The lowest BCUT2D eigenvalue weighted by molar-refractivity contribution is 0.704. The van der Waals surface area contributed by atoms with Crippen molar-refractivity contribution in [2.24, 2.45) is 0 Å². The Morgan fingerprint density at radius 2 is 2.27 bits per heavy atom. The minimum atomic E-state index is -0.0439. The van der Waals surface area contributed by atoms with Gasteiger partial charge >= 0.3 is 0 Å². The van der Waals surface area contributed by atoms with Gasteiger partial charge in [0.15, 0.2) is 4.77 Å². The van der Waals surface area contributed by atoms with Crippen LogP contribution in [0.1, 0.15) is 6.92 Å². The molecule has 5 heteroatoms. The molecule has 0 fully saturated rings. The van der Waals surface area contributed by atoms with Gasteiger partial charge < -0.3 is 4.98 Å². The molecule has 0 aliphatic carbocycles. The fourth-order valence-corrected chi connectivity index (χ4v) is 2.31. The molecule has 0 bridgehead atoms. The van der Waals surface area contributed by atoms with E-state index >= 15 is 0 Å². The van der Waals surface area contributed by atoms with Crippen LogP contribution < -0.4 is 5.56 Å². The van der Waals surface area contributed by atoms with Crippen molar-refractivity contribution in [1.82, 2.24) is 9.55 Å². The number of aromatic nitrogens is 2. The first-order valence-corrected chi connectivity index (χ1v) is 5.76. The summed E-state index contributed by atoms with van der Waals surface area (Å²) in [7, 11) is 0. The number of aromatic amines is 1. The molecular weight excluding hydrogens is 276 g/mol. The predicted octanol–water partition coefficient (Wildman–Crippen LogP) is 2.84. The molecule has 2 aromatic rings. The number of benzene rings is 1. The fraction of sp³-hybridized carbons (Fsp3) is 0.200. The maximum absolute atomic E-state index is 12.0. The van der Waals surface area contributed by atoms with Crippen LogP contribution in [0.5, 0.6) is 0 Å². The molecule has 0 unspecified atom stereocenters. The summed E-state index contributed by atoms with van der Waals surface area (Å²) in [5.41, 5.74) is 0.717. The number of halogens is 1. The Labute approximate surface area is 99.9 Å². The number of fused-ring (bicyclic) bond motifs is 1. The van der Waals surface area contributed by atoms with Gasteiger partial charge in [-0.05, 0) is 47.2 Å². The van der Waals surface area contributed by atoms with Gasteiger partial charge in [-0.25, -0.2) is 0 Å². The third-order valence-corrected chi connectivity index (χ3v) is 3.27. The van der Waals surface area contributed by atoms with Crippen molar-refractivity contribution in [1.29, 1.82) is 0 Å². The number of nitrogens with zero attached hydrogens (tertiary/aromatic N) is 1. The molecule has 0 saturated heterocycles. The highest BCUT2D eigenvalue weighted by molar-refractivity contribution is 9.10. The van der Waals surface area contributed by atoms with Gasteiger partial charge in [0.25, 0.3) is 5.56 Å². The van der Waals surface area contributed by atoms with Gasteiger partial charge in [0, 0.05) is 11.0 Å². The molecule has 0 amide bonds. The molecule has 0 saturated carbocycles. The molecule has 0 radical (unpaired) electrons. The third-order valence-electron chi connectivity index (χ3n) is 2.28. The Kier molecular flexibility index (Phi) is 2.75. The minimum absolute atomic E-state index is 0.0439. The van der Waals surface area contributed by atoms with E-state index in [-0.39, 0.29) is 5.56 Å². The van der Waals surface area contributed by atoms with Crippen molar-refractivity contribution in [2.45, 2.75) is 13.5 Å². The molecule has 0 aliphatic rings.